The number of benzene rings is 1. The average molecular weight is 376 g/mol. The second-order valence-corrected chi connectivity index (χ2v) is 6.75. The first-order valence-electron chi connectivity index (χ1n) is 8.67. The molecule has 0 fully saturated rings. The van der Waals surface area contributed by atoms with Crippen molar-refractivity contribution in [1.82, 2.24) is 0 Å². The van der Waals surface area contributed by atoms with E-state index in [0.717, 1.165) is 0 Å². The molecule has 0 amide bonds. The van der Waals surface area contributed by atoms with E-state index >= 15 is 0 Å². The SMILES string of the molecule is CC(=O)c1ccc(C2=C3C=CC(=O)C=C3OC3C=C(O)C=CC23)c(C(=O)O)c1. The number of rotatable bonds is 3. The molecule has 1 heterocycles. The molecule has 3 aliphatic rings. The van der Waals surface area contributed by atoms with E-state index in [4.69, 9.17) is 4.74 Å². The molecule has 4 rings (SSSR count). The summed E-state index contributed by atoms with van der Waals surface area (Å²) < 4.78 is 5.89. The van der Waals surface area contributed by atoms with Crippen LogP contribution in [0.4, 0.5) is 0 Å². The molecule has 2 unspecified atom stereocenters. The van der Waals surface area contributed by atoms with Gasteiger partial charge in [0, 0.05) is 23.1 Å². The minimum atomic E-state index is -1.16. The summed E-state index contributed by atoms with van der Waals surface area (Å²) in [5.41, 5.74) is 2.01. The maximum absolute atomic E-state index is 11.9. The van der Waals surface area contributed by atoms with Gasteiger partial charge in [-0.2, -0.15) is 0 Å². The number of Topliss-reactive ketones (excluding diaryl/α,β-unsaturated/α-hetero) is 1. The smallest absolute Gasteiger partial charge is 0.336 e. The van der Waals surface area contributed by atoms with Gasteiger partial charge in [0.15, 0.2) is 11.6 Å². The van der Waals surface area contributed by atoms with Crippen LogP contribution in [0.3, 0.4) is 0 Å². The van der Waals surface area contributed by atoms with Crippen LogP contribution in [0.1, 0.15) is 33.2 Å². The lowest BCUT2D eigenvalue weighted by Gasteiger charge is -2.36. The fourth-order valence-electron chi connectivity index (χ4n) is 3.66. The topological polar surface area (TPSA) is 101 Å². The van der Waals surface area contributed by atoms with E-state index in [2.05, 4.69) is 0 Å². The summed E-state index contributed by atoms with van der Waals surface area (Å²) in [6.45, 7) is 1.38. The third-order valence-corrected chi connectivity index (χ3v) is 4.95. The van der Waals surface area contributed by atoms with Gasteiger partial charge < -0.3 is 14.9 Å². The van der Waals surface area contributed by atoms with Crippen molar-refractivity contribution >= 4 is 23.1 Å². The van der Waals surface area contributed by atoms with Gasteiger partial charge >= 0.3 is 5.97 Å². The lowest BCUT2D eigenvalue weighted by Crippen LogP contribution is -2.31. The van der Waals surface area contributed by atoms with Crippen molar-refractivity contribution in [3.63, 3.8) is 0 Å². The number of carboxylic acids is 1. The summed E-state index contributed by atoms with van der Waals surface area (Å²) in [4.78, 5) is 35.5. The van der Waals surface area contributed by atoms with Crippen molar-refractivity contribution in [3.8, 4) is 0 Å². The molecule has 2 N–H and O–H groups in total. The number of fused-ring (bicyclic) bond motifs is 2. The Bertz CT molecular complexity index is 1080. The van der Waals surface area contributed by atoms with Crippen LogP contribution in [-0.2, 0) is 9.53 Å². The molecule has 6 nitrogen and oxygen atoms in total. The van der Waals surface area contributed by atoms with Crippen LogP contribution in [0.15, 0.2) is 71.7 Å². The predicted octanol–water partition coefficient (Wildman–Crippen LogP) is 3.39. The standard InChI is InChI=1S/C22H16O6/c1-11(23)12-2-5-15(18(8-12)22(26)27)21-16-6-3-13(24)9-19(16)28-20-10-14(25)4-7-17(20)21/h2-10,16,19,24H,1H3,(H,26,27). The van der Waals surface area contributed by atoms with Crippen molar-refractivity contribution in [1.29, 1.82) is 0 Å². The van der Waals surface area contributed by atoms with Crippen molar-refractivity contribution < 1.29 is 29.3 Å². The highest BCUT2D eigenvalue weighted by Gasteiger charge is 2.37. The van der Waals surface area contributed by atoms with Gasteiger partial charge in [0.05, 0.1) is 5.56 Å². The van der Waals surface area contributed by atoms with E-state index in [1.807, 2.05) is 0 Å². The van der Waals surface area contributed by atoms with E-state index in [-0.39, 0.29) is 28.8 Å². The van der Waals surface area contributed by atoms with Crippen molar-refractivity contribution in [2.24, 2.45) is 5.92 Å². The summed E-state index contributed by atoms with van der Waals surface area (Å²) in [6, 6.07) is 4.56. The molecule has 0 saturated heterocycles. The van der Waals surface area contributed by atoms with Crippen LogP contribution in [0.5, 0.6) is 0 Å². The normalized spacial score (nSPS) is 22.7. The van der Waals surface area contributed by atoms with Crippen LogP contribution in [-0.4, -0.2) is 33.9 Å². The molecule has 1 aliphatic heterocycles. The van der Waals surface area contributed by atoms with Gasteiger partial charge in [-0.25, -0.2) is 4.79 Å². The van der Waals surface area contributed by atoms with E-state index in [9.17, 15) is 24.6 Å². The van der Waals surface area contributed by atoms with Crippen LogP contribution in [0, 0.1) is 5.92 Å². The number of allylic oxidation sites excluding steroid dienone is 4. The van der Waals surface area contributed by atoms with Gasteiger partial charge in [0.2, 0.25) is 0 Å². The first kappa shape index (κ1) is 17.7. The van der Waals surface area contributed by atoms with Crippen LogP contribution >= 0.6 is 0 Å². The maximum atomic E-state index is 11.9. The third kappa shape index (κ3) is 2.89. The highest BCUT2D eigenvalue weighted by atomic mass is 16.5. The summed E-state index contributed by atoms with van der Waals surface area (Å²) in [7, 11) is 0. The Hall–Kier alpha value is -3.67. The first-order valence-corrected chi connectivity index (χ1v) is 8.67. The van der Waals surface area contributed by atoms with Gasteiger partial charge in [-0.15, -0.1) is 0 Å². The van der Waals surface area contributed by atoms with Crippen LogP contribution in [0.2, 0.25) is 0 Å². The monoisotopic (exact) mass is 376 g/mol. The van der Waals surface area contributed by atoms with E-state index in [0.29, 0.717) is 28.0 Å². The molecule has 0 aromatic heterocycles. The van der Waals surface area contributed by atoms with Gasteiger partial charge in [-0.05, 0) is 48.4 Å². The Balaban J connectivity index is 1.98. The van der Waals surface area contributed by atoms with Crippen LogP contribution in [0.25, 0.3) is 5.57 Å². The summed E-state index contributed by atoms with van der Waals surface area (Å²) >= 11 is 0. The molecule has 2 aliphatic carbocycles. The quantitative estimate of drug-likeness (QED) is 0.784. The molecule has 1 aromatic carbocycles. The number of aliphatic hydroxyl groups is 1. The molecular weight excluding hydrogens is 360 g/mol. The molecule has 1 aromatic rings. The lowest BCUT2D eigenvalue weighted by molar-refractivity contribution is -0.110. The minimum absolute atomic E-state index is 0.00678. The number of aliphatic hydroxyl groups excluding tert-OH is 1. The highest BCUT2D eigenvalue weighted by molar-refractivity contribution is 6.05. The molecule has 0 bridgehead atoms. The second kappa shape index (κ2) is 6.49. The van der Waals surface area contributed by atoms with Gasteiger partial charge in [0.1, 0.15) is 17.6 Å². The third-order valence-electron chi connectivity index (χ3n) is 4.95. The van der Waals surface area contributed by atoms with Gasteiger partial charge in [-0.3, -0.25) is 9.59 Å². The Morgan fingerprint density at radius 2 is 1.93 bits per heavy atom. The van der Waals surface area contributed by atoms with E-state index < -0.39 is 12.1 Å². The zero-order chi connectivity index (χ0) is 20.0. The number of ether oxygens (including phenoxy) is 1. The van der Waals surface area contributed by atoms with E-state index in [1.54, 1.807) is 24.3 Å². The molecule has 140 valence electrons. The lowest BCUT2D eigenvalue weighted by atomic mass is 9.77. The van der Waals surface area contributed by atoms with Crippen LogP contribution < -0.4 is 0 Å². The molecular formula is C22H16O6. The number of carbonyl (C=O) groups excluding carboxylic acids is 2. The second-order valence-electron chi connectivity index (χ2n) is 6.75. The Labute approximate surface area is 160 Å². The minimum Gasteiger partial charge on any atom is -0.508 e. The zero-order valence-corrected chi connectivity index (χ0v) is 14.9. The molecule has 0 saturated carbocycles. The summed E-state index contributed by atoms with van der Waals surface area (Å²) in [6.07, 6.45) is 8.57. The number of hydrogen-bond acceptors (Lipinski definition) is 5. The van der Waals surface area contributed by atoms with E-state index in [1.165, 1.54) is 37.3 Å². The molecule has 2 atom stereocenters. The van der Waals surface area contributed by atoms with Crippen molar-refractivity contribution in [2.45, 2.75) is 13.0 Å². The van der Waals surface area contributed by atoms with Crippen molar-refractivity contribution in [2.75, 3.05) is 0 Å². The highest BCUT2D eigenvalue weighted by Crippen LogP contribution is 2.44. The van der Waals surface area contributed by atoms with Crippen molar-refractivity contribution in [3.05, 3.63) is 88.4 Å². The Kier molecular flexibility index (Phi) is 4.11. The molecule has 0 spiro atoms. The number of ketones is 2. The Morgan fingerprint density at radius 1 is 1.14 bits per heavy atom. The summed E-state index contributed by atoms with van der Waals surface area (Å²) in [5.74, 6) is -1.62. The number of hydrogen-bond donors (Lipinski definition) is 2. The Morgan fingerprint density at radius 3 is 2.64 bits per heavy atom. The maximum Gasteiger partial charge on any atom is 0.336 e. The zero-order valence-electron chi connectivity index (χ0n) is 14.9. The number of carbonyl (C=O) groups is 3. The largest absolute Gasteiger partial charge is 0.508 e. The average Bonchev–Trinajstić information content (AvgIpc) is 2.65. The molecule has 28 heavy (non-hydrogen) atoms. The fraction of sp³-hybridized carbons (Fsp3) is 0.136. The number of carboxylic acid groups (broad SMARTS) is 1. The first-order chi connectivity index (χ1) is 13.3. The predicted molar refractivity (Wildman–Crippen MR) is 101 cm³/mol. The molecule has 0 radical (unpaired) electrons. The molecule has 6 heteroatoms. The number of aromatic carboxylic acids is 1. The van der Waals surface area contributed by atoms with Gasteiger partial charge in [-0.1, -0.05) is 18.2 Å². The van der Waals surface area contributed by atoms with Gasteiger partial charge in [0.25, 0.3) is 0 Å². The summed E-state index contributed by atoms with van der Waals surface area (Å²) in [5, 5.41) is 19.6. The fourth-order valence-corrected chi connectivity index (χ4v) is 3.66.